The molecular weight excluding hydrogens is 230 g/mol. The Morgan fingerprint density at radius 3 is 2.69 bits per heavy atom. The number of primary sulfonamides is 1. The maximum Gasteiger partial charge on any atom is 0.241 e. The highest BCUT2D eigenvalue weighted by Crippen LogP contribution is 2.27. The van der Waals surface area contributed by atoms with Crippen LogP contribution in [0.2, 0.25) is 0 Å². The maximum absolute atomic E-state index is 11.3. The van der Waals surface area contributed by atoms with Gasteiger partial charge in [-0.3, -0.25) is 0 Å². The Labute approximate surface area is 94.5 Å². The molecule has 88 valence electrons. The van der Waals surface area contributed by atoms with E-state index in [-0.39, 0.29) is 17.3 Å². The van der Waals surface area contributed by atoms with Crippen LogP contribution in [0.3, 0.4) is 0 Å². The fourth-order valence-electron chi connectivity index (χ4n) is 1.11. The van der Waals surface area contributed by atoms with Crippen molar-refractivity contribution < 1.29 is 17.9 Å². The number of methoxy groups -OCH3 is 1. The first-order valence-electron chi connectivity index (χ1n) is 4.43. The second-order valence-corrected chi connectivity index (χ2v) is 4.49. The lowest BCUT2D eigenvalue weighted by Crippen LogP contribution is -2.14. The minimum Gasteiger partial charge on any atom is -0.497 e. The Kier molecular flexibility index (Phi) is 3.92. The Morgan fingerprint density at radius 1 is 1.50 bits per heavy atom. The summed E-state index contributed by atoms with van der Waals surface area (Å²) < 4.78 is 32.7. The highest BCUT2D eigenvalue weighted by atomic mass is 32.2. The molecular formula is C10H13NO4S. The van der Waals surface area contributed by atoms with Crippen LogP contribution in [0.25, 0.3) is 0 Å². The zero-order valence-electron chi connectivity index (χ0n) is 8.84. The third kappa shape index (κ3) is 2.98. The van der Waals surface area contributed by atoms with E-state index in [1.807, 2.05) is 0 Å². The van der Waals surface area contributed by atoms with E-state index in [1.54, 1.807) is 6.07 Å². The molecule has 5 nitrogen and oxygen atoms in total. The van der Waals surface area contributed by atoms with Gasteiger partial charge in [-0.15, -0.1) is 0 Å². The summed E-state index contributed by atoms with van der Waals surface area (Å²) in [5.74, 6) is 0.582. The maximum atomic E-state index is 11.3. The van der Waals surface area contributed by atoms with Crippen LogP contribution < -0.4 is 14.6 Å². The molecule has 0 aromatic heterocycles. The number of sulfonamides is 1. The van der Waals surface area contributed by atoms with E-state index < -0.39 is 10.0 Å². The van der Waals surface area contributed by atoms with Crippen LogP contribution in [0.5, 0.6) is 11.5 Å². The molecule has 6 heteroatoms. The smallest absolute Gasteiger partial charge is 0.241 e. The minimum absolute atomic E-state index is 0.103. The van der Waals surface area contributed by atoms with Gasteiger partial charge >= 0.3 is 0 Å². The van der Waals surface area contributed by atoms with Crippen LogP contribution in [0.4, 0.5) is 0 Å². The first kappa shape index (κ1) is 12.5. The largest absolute Gasteiger partial charge is 0.497 e. The van der Waals surface area contributed by atoms with Crippen molar-refractivity contribution in [1.82, 2.24) is 0 Å². The van der Waals surface area contributed by atoms with E-state index >= 15 is 0 Å². The molecule has 0 atom stereocenters. The van der Waals surface area contributed by atoms with Crippen molar-refractivity contribution in [2.24, 2.45) is 5.14 Å². The molecule has 1 aromatic rings. The van der Waals surface area contributed by atoms with Crippen molar-refractivity contribution in [2.75, 3.05) is 13.7 Å². The van der Waals surface area contributed by atoms with E-state index in [9.17, 15) is 8.42 Å². The van der Waals surface area contributed by atoms with Crippen molar-refractivity contribution in [3.63, 3.8) is 0 Å². The van der Waals surface area contributed by atoms with E-state index in [0.29, 0.717) is 5.75 Å². The second kappa shape index (κ2) is 5.00. The Morgan fingerprint density at radius 2 is 2.19 bits per heavy atom. The van der Waals surface area contributed by atoms with Crippen LogP contribution in [0.1, 0.15) is 0 Å². The lowest BCUT2D eigenvalue weighted by atomic mass is 10.3. The van der Waals surface area contributed by atoms with Gasteiger partial charge in [-0.1, -0.05) is 12.7 Å². The minimum atomic E-state index is -3.84. The summed E-state index contributed by atoms with van der Waals surface area (Å²) in [6, 6.07) is 4.39. The van der Waals surface area contributed by atoms with Gasteiger partial charge in [0.1, 0.15) is 23.0 Å². The number of hydrogen-bond acceptors (Lipinski definition) is 4. The van der Waals surface area contributed by atoms with Gasteiger partial charge in [0, 0.05) is 6.07 Å². The predicted molar refractivity (Wildman–Crippen MR) is 60.1 cm³/mol. The molecule has 0 radical (unpaired) electrons. The summed E-state index contributed by atoms with van der Waals surface area (Å²) in [4.78, 5) is -0.103. The van der Waals surface area contributed by atoms with Gasteiger partial charge in [-0.25, -0.2) is 13.6 Å². The monoisotopic (exact) mass is 243 g/mol. The molecule has 0 unspecified atom stereocenters. The summed E-state index contributed by atoms with van der Waals surface area (Å²) in [6.45, 7) is 3.67. The molecule has 0 heterocycles. The molecule has 0 spiro atoms. The summed E-state index contributed by atoms with van der Waals surface area (Å²) in [5, 5.41) is 5.06. The highest BCUT2D eigenvalue weighted by molar-refractivity contribution is 7.89. The molecule has 1 rings (SSSR count). The normalized spacial score (nSPS) is 10.9. The average Bonchev–Trinajstić information content (AvgIpc) is 2.25. The lowest BCUT2D eigenvalue weighted by molar-refractivity contribution is 0.350. The van der Waals surface area contributed by atoms with Gasteiger partial charge in [0.15, 0.2) is 0 Å². The predicted octanol–water partition coefficient (Wildman–Crippen LogP) is 0.907. The fourth-order valence-corrected chi connectivity index (χ4v) is 1.79. The number of benzene rings is 1. The van der Waals surface area contributed by atoms with Gasteiger partial charge < -0.3 is 9.47 Å². The molecule has 1 aromatic carbocycles. The second-order valence-electron chi connectivity index (χ2n) is 2.96. The summed E-state index contributed by atoms with van der Waals surface area (Å²) in [5.41, 5.74) is 0. The quantitative estimate of drug-likeness (QED) is 0.779. The van der Waals surface area contributed by atoms with E-state index in [1.165, 1.54) is 25.3 Å². The van der Waals surface area contributed by atoms with Gasteiger partial charge in [-0.2, -0.15) is 0 Å². The average molecular weight is 243 g/mol. The Bertz CT molecular complexity index is 482. The zero-order chi connectivity index (χ0) is 12.2. The molecule has 0 bridgehead atoms. The van der Waals surface area contributed by atoms with Gasteiger partial charge in [-0.05, 0) is 12.1 Å². The molecule has 0 saturated carbocycles. The number of nitrogens with two attached hydrogens (primary N) is 1. The van der Waals surface area contributed by atoms with Gasteiger partial charge in [0.25, 0.3) is 0 Å². The fraction of sp³-hybridized carbons (Fsp3) is 0.200. The number of ether oxygens (including phenoxy) is 2. The summed E-state index contributed by atoms with van der Waals surface area (Å²) in [6.07, 6.45) is 1.51. The van der Waals surface area contributed by atoms with Crippen LogP contribution in [-0.4, -0.2) is 22.1 Å². The first-order chi connectivity index (χ1) is 7.49. The van der Waals surface area contributed by atoms with Crippen molar-refractivity contribution in [3.8, 4) is 11.5 Å². The molecule has 16 heavy (non-hydrogen) atoms. The Hall–Kier alpha value is -1.53. The van der Waals surface area contributed by atoms with Crippen molar-refractivity contribution in [3.05, 3.63) is 30.9 Å². The van der Waals surface area contributed by atoms with Crippen molar-refractivity contribution >= 4 is 10.0 Å². The number of hydrogen-bond donors (Lipinski definition) is 1. The van der Waals surface area contributed by atoms with Crippen molar-refractivity contribution in [2.45, 2.75) is 4.90 Å². The summed E-state index contributed by atoms with van der Waals surface area (Å²) >= 11 is 0. The molecule has 0 aliphatic carbocycles. The molecule has 0 aliphatic rings. The van der Waals surface area contributed by atoms with E-state index in [2.05, 4.69) is 6.58 Å². The van der Waals surface area contributed by atoms with Crippen LogP contribution >= 0.6 is 0 Å². The molecule has 0 aliphatic heterocycles. The lowest BCUT2D eigenvalue weighted by Gasteiger charge is -2.09. The SMILES string of the molecule is C=CCOc1ccc(OC)cc1S(N)(=O)=O. The van der Waals surface area contributed by atoms with Crippen molar-refractivity contribution in [1.29, 1.82) is 0 Å². The molecule has 2 N–H and O–H groups in total. The summed E-state index contributed by atoms with van der Waals surface area (Å²) in [7, 11) is -2.40. The standard InChI is InChI=1S/C10H13NO4S/c1-3-6-15-9-5-4-8(14-2)7-10(9)16(11,12)13/h3-5,7H,1,6H2,2H3,(H2,11,12,13). The molecule has 0 amide bonds. The van der Waals surface area contributed by atoms with Crippen LogP contribution in [0.15, 0.2) is 35.7 Å². The Balaban J connectivity index is 3.22. The third-order valence-electron chi connectivity index (χ3n) is 1.81. The van der Waals surface area contributed by atoms with Gasteiger partial charge in [0.2, 0.25) is 10.0 Å². The van der Waals surface area contributed by atoms with E-state index in [0.717, 1.165) is 0 Å². The first-order valence-corrected chi connectivity index (χ1v) is 5.98. The van der Waals surface area contributed by atoms with Crippen LogP contribution in [0, 0.1) is 0 Å². The molecule has 0 fully saturated rings. The molecule has 0 saturated heterocycles. The third-order valence-corrected chi connectivity index (χ3v) is 2.75. The highest BCUT2D eigenvalue weighted by Gasteiger charge is 2.16. The number of rotatable bonds is 5. The van der Waals surface area contributed by atoms with Crippen LogP contribution in [-0.2, 0) is 10.0 Å². The topological polar surface area (TPSA) is 78.6 Å². The van der Waals surface area contributed by atoms with Gasteiger partial charge in [0.05, 0.1) is 7.11 Å². The van der Waals surface area contributed by atoms with E-state index in [4.69, 9.17) is 14.6 Å². The zero-order valence-corrected chi connectivity index (χ0v) is 9.66.